The maximum absolute atomic E-state index is 3.23. The Labute approximate surface area is 248 Å². The topological polar surface area (TPSA) is 0 Å². The standard InChI is InChI=1S/C33H63P2.C5H5.Co/c1-5-9-13-17-21-28-34(29-22-18-14-10-6-2)32-26-25-27-33(32)35(30-23-19-15-11-7-3)31-24-20-16-12-8-4;1-2-4-5-3-1;/h25-27H,5-24,28-31H2,1-4H3;1-5H;. The van der Waals surface area contributed by atoms with Crippen molar-refractivity contribution in [2.75, 3.05) is 24.6 Å². The Morgan fingerprint density at radius 3 is 0.854 bits per heavy atom. The second kappa shape index (κ2) is 5.34. The van der Waals surface area contributed by atoms with Crippen LogP contribution in [0, 0.1) is 0 Å². The van der Waals surface area contributed by atoms with Gasteiger partial charge in [-0.3, -0.25) is 0 Å². The molecule has 10 fully saturated rings. The van der Waals surface area contributed by atoms with E-state index in [0.29, 0.717) is 15.8 Å². The van der Waals surface area contributed by atoms with Crippen molar-refractivity contribution in [3.05, 3.63) is 0 Å². The third-order valence-electron chi connectivity index (χ3n) is 21.0. The first-order valence-corrected chi connectivity index (χ1v) is 28.8. The van der Waals surface area contributed by atoms with Gasteiger partial charge in [0.1, 0.15) is 0 Å². The third-order valence-corrected chi connectivity index (χ3v) is 76.2. The Kier molecular flexibility index (Phi) is 3.58. The maximum atomic E-state index is 2.41. The molecule has 0 amide bonds. The molecular formula is C38H68CoP2. The molecule has 0 saturated carbocycles. The second-order valence-corrected chi connectivity index (χ2v) is 46.9. The van der Waals surface area contributed by atoms with E-state index in [-0.39, 0.29) is 0 Å². The Morgan fingerprint density at radius 2 is 0.634 bits per heavy atom. The Bertz CT molecular complexity index is 1250. The molecule has 239 valence electrons. The van der Waals surface area contributed by atoms with E-state index in [1.165, 1.54) is 98.4 Å². The third kappa shape index (κ3) is 0.890. The summed E-state index contributed by atoms with van der Waals surface area (Å²) in [6, 6.07) is 0. The number of rotatable bonds is 26. The molecule has 10 heterocycles. The Morgan fingerprint density at radius 1 is 0.366 bits per heavy atom. The van der Waals surface area contributed by atoms with Crippen molar-refractivity contribution < 1.29 is 6.37 Å². The van der Waals surface area contributed by atoms with Crippen LogP contribution in [0.5, 0.6) is 0 Å². The van der Waals surface area contributed by atoms with Gasteiger partial charge in [0.05, 0.1) is 0 Å². The average Bonchev–Trinajstić information content (AvgIpc) is 3.93. The summed E-state index contributed by atoms with van der Waals surface area (Å²) in [5.74, 6) is 0. The molecular weight excluding hydrogens is 577 g/mol. The van der Waals surface area contributed by atoms with Crippen LogP contribution in [0.4, 0.5) is 0 Å². The summed E-state index contributed by atoms with van der Waals surface area (Å²) >= 11 is 0. The minimum absolute atomic E-state index is 0.364. The van der Waals surface area contributed by atoms with Crippen molar-refractivity contribution in [3.8, 4) is 0 Å². The van der Waals surface area contributed by atoms with E-state index < -0.39 is 6.37 Å². The summed E-state index contributed by atoms with van der Waals surface area (Å²) < 4.78 is 2.40. The molecule has 3 heteroatoms. The zero-order valence-corrected chi connectivity index (χ0v) is 30.6. The summed E-state index contributed by atoms with van der Waals surface area (Å²) in [6.07, 6.45) is 34.6. The van der Waals surface area contributed by atoms with Gasteiger partial charge in [-0.15, -0.1) is 0 Å². The first kappa shape index (κ1) is 27.5. The average molecular weight is 646 g/mol. The summed E-state index contributed by atoms with van der Waals surface area (Å²) in [4.78, 5) is 12.3. The molecule has 41 heavy (non-hydrogen) atoms. The molecule has 0 nitrogen and oxygen atoms in total. The van der Waals surface area contributed by atoms with E-state index in [0.717, 1.165) is 0 Å². The Hall–Kier alpha value is 1.37. The van der Waals surface area contributed by atoms with Gasteiger partial charge < -0.3 is 0 Å². The fraction of sp³-hybridized carbons (Fsp3) is 1.00. The molecule has 0 aliphatic carbocycles. The van der Waals surface area contributed by atoms with E-state index in [4.69, 9.17) is 0 Å². The SMILES string of the molecule is CCCCCCCP(CCCCCCC)[C]12[CH]3[CH]4[CH]5[C]1(P(CCCCCCC)CCCCCCC)[Co]43521678[CH]2[CH]1[CH]6[CH]7[CH]28. The van der Waals surface area contributed by atoms with Crippen molar-refractivity contribution in [2.24, 2.45) is 0 Å². The van der Waals surface area contributed by atoms with Crippen LogP contribution in [-0.4, -0.2) is 32.8 Å². The van der Waals surface area contributed by atoms with E-state index >= 15 is 0 Å². The van der Waals surface area contributed by atoms with Crippen LogP contribution in [0.3, 0.4) is 0 Å². The van der Waals surface area contributed by atoms with E-state index in [2.05, 4.69) is 27.7 Å². The van der Waals surface area contributed by atoms with E-state index in [1.807, 2.05) is 0 Å². The second-order valence-electron chi connectivity index (χ2n) is 18.9. The summed E-state index contributed by atoms with van der Waals surface area (Å²) in [6.45, 7) is 9.64. The van der Waals surface area contributed by atoms with Crippen molar-refractivity contribution in [1.82, 2.24) is 0 Å². The first-order valence-electron chi connectivity index (χ1n) is 19.6. The summed E-state index contributed by atoms with van der Waals surface area (Å²) in [7, 11) is 0.728. The number of unbranched alkanes of at least 4 members (excludes halogenated alkanes) is 16. The molecule has 0 radical (unpaired) electrons. The fourth-order valence-corrected chi connectivity index (χ4v) is 124. The van der Waals surface area contributed by atoms with Gasteiger partial charge in [0.15, 0.2) is 0 Å². The quantitative estimate of drug-likeness (QED) is 0.0649. The molecule has 4 unspecified atom stereocenters. The van der Waals surface area contributed by atoms with Gasteiger partial charge >= 0.3 is 250 Å². The van der Waals surface area contributed by atoms with Gasteiger partial charge in [-0.1, -0.05) is 0 Å². The van der Waals surface area contributed by atoms with Crippen molar-refractivity contribution in [3.63, 3.8) is 0 Å². The molecule has 0 aromatic heterocycles. The zero-order valence-electron chi connectivity index (χ0n) is 27.8. The minimum atomic E-state index is -3.23. The molecule has 10 saturated heterocycles. The van der Waals surface area contributed by atoms with Crippen LogP contribution in [0.2, 0.25) is 38.8 Å². The number of fused-ring (bicyclic) bond motifs is 10. The van der Waals surface area contributed by atoms with Gasteiger partial charge in [-0.25, -0.2) is 0 Å². The summed E-state index contributed by atoms with van der Waals surface area (Å²) in [5, 5.41) is 0. The van der Waals surface area contributed by atoms with E-state index in [1.54, 1.807) is 102 Å². The van der Waals surface area contributed by atoms with Crippen LogP contribution in [0.1, 0.15) is 156 Å². The van der Waals surface area contributed by atoms with E-state index in [9.17, 15) is 0 Å². The molecule has 1 spiro atoms. The van der Waals surface area contributed by atoms with Crippen molar-refractivity contribution in [1.29, 1.82) is 0 Å². The van der Waals surface area contributed by atoms with Crippen molar-refractivity contribution in [2.45, 2.75) is 203 Å². The fourth-order valence-electron chi connectivity index (χ4n) is 21.6. The molecule has 0 N–H and O–H groups in total. The van der Waals surface area contributed by atoms with Crippen LogP contribution >= 0.6 is 15.8 Å². The zero-order chi connectivity index (χ0) is 28.1. The molecule has 10 rings (SSSR count). The Balaban J connectivity index is 0.966. The van der Waals surface area contributed by atoms with Gasteiger partial charge in [-0.05, 0) is 0 Å². The van der Waals surface area contributed by atoms with Gasteiger partial charge in [-0.2, -0.15) is 0 Å². The predicted octanol–water partition coefficient (Wildman–Crippen LogP) is 14.0. The molecule has 0 aromatic rings. The molecule has 10 aliphatic heterocycles. The first-order chi connectivity index (χ1) is 20.0. The normalized spacial score (nSPS) is 58.6. The molecule has 4 atom stereocenters. The van der Waals surface area contributed by atoms with Crippen LogP contribution in [0.25, 0.3) is 0 Å². The number of hydrogen-bond acceptors (Lipinski definition) is 0. The van der Waals surface area contributed by atoms with Crippen molar-refractivity contribution >= 4 is 15.8 Å². The monoisotopic (exact) mass is 645 g/mol. The number of hydrogen-bond donors (Lipinski definition) is 0. The predicted molar refractivity (Wildman–Crippen MR) is 184 cm³/mol. The molecule has 10 aliphatic rings. The summed E-state index contributed by atoms with van der Waals surface area (Å²) in [5.41, 5.74) is 0. The molecule has 0 bridgehead atoms. The van der Waals surface area contributed by atoms with Crippen LogP contribution in [0.15, 0.2) is 0 Å². The van der Waals surface area contributed by atoms with Gasteiger partial charge in [0.25, 0.3) is 0 Å². The van der Waals surface area contributed by atoms with Crippen LogP contribution in [-0.2, 0) is 6.37 Å². The van der Waals surface area contributed by atoms with Gasteiger partial charge in [0, 0.05) is 0 Å². The van der Waals surface area contributed by atoms with Gasteiger partial charge in [0.2, 0.25) is 0 Å². The molecule has 0 aromatic carbocycles. The van der Waals surface area contributed by atoms with Crippen LogP contribution < -0.4 is 0 Å².